The van der Waals surface area contributed by atoms with Gasteiger partial charge in [-0.05, 0) is 12.1 Å². The van der Waals surface area contributed by atoms with Crippen molar-refractivity contribution in [2.45, 2.75) is 0 Å². The summed E-state index contributed by atoms with van der Waals surface area (Å²) in [6, 6.07) is 6.68. The van der Waals surface area contributed by atoms with Gasteiger partial charge in [-0.1, -0.05) is 11.6 Å². The first-order valence-corrected chi connectivity index (χ1v) is 4.31. The summed E-state index contributed by atoms with van der Waals surface area (Å²) in [6.07, 6.45) is 1.44. The van der Waals surface area contributed by atoms with Gasteiger partial charge in [0.15, 0.2) is 11.3 Å². The average molecular weight is 220 g/mol. The molecule has 1 aromatic heterocycles. The number of hydrogen-bond acceptors (Lipinski definition) is 4. The number of nitriles is 2. The van der Waals surface area contributed by atoms with Crippen molar-refractivity contribution in [3.63, 3.8) is 0 Å². The lowest BCUT2D eigenvalue weighted by atomic mass is 10.1. The molecular formula is C10H6ClN3O. The van der Waals surface area contributed by atoms with E-state index < -0.39 is 0 Å². The van der Waals surface area contributed by atoms with Crippen molar-refractivity contribution < 1.29 is 4.74 Å². The zero-order valence-corrected chi connectivity index (χ0v) is 8.62. The van der Waals surface area contributed by atoms with E-state index in [2.05, 4.69) is 4.98 Å². The predicted octanol–water partition coefficient (Wildman–Crippen LogP) is 2.14. The highest BCUT2D eigenvalue weighted by molar-refractivity contribution is 6.29. The molecule has 4 nitrogen and oxygen atoms in total. The zero-order valence-electron chi connectivity index (χ0n) is 7.86. The molecule has 15 heavy (non-hydrogen) atoms. The van der Waals surface area contributed by atoms with Crippen molar-refractivity contribution in [2.24, 2.45) is 0 Å². The molecule has 1 heterocycles. The summed E-state index contributed by atoms with van der Waals surface area (Å²) in [6.45, 7) is 0. The second-order valence-electron chi connectivity index (χ2n) is 2.50. The highest BCUT2D eigenvalue weighted by atomic mass is 35.5. The summed E-state index contributed by atoms with van der Waals surface area (Å²) < 4.78 is 4.97. The van der Waals surface area contributed by atoms with Gasteiger partial charge >= 0.3 is 0 Å². The molecule has 1 aromatic rings. The van der Waals surface area contributed by atoms with Crippen LogP contribution in [-0.2, 0) is 4.74 Å². The average Bonchev–Trinajstić information content (AvgIpc) is 2.27. The first-order chi connectivity index (χ1) is 7.22. The molecule has 0 N–H and O–H groups in total. The highest BCUT2D eigenvalue weighted by Gasteiger charge is 2.09. The van der Waals surface area contributed by atoms with Crippen LogP contribution in [0.5, 0.6) is 0 Å². The van der Waals surface area contributed by atoms with Crippen LogP contribution in [0.1, 0.15) is 5.56 Å². The Morgan fingerprint density at radius 3 is 2.47 bits per heavy atom. The van der Waals surface area contributed by atoms with E-state index in [1.807, 2.05) is 0 Å². The van der Waals surface area contributed by atoms with Gasteiger partial charge in [0.05, 0.1) is 7.11 Å². The van der Waals surface area contributed by atoms with Gasteiger partial charge in [0, 0.05) is 11.8 Å². The Morgan fingerprint density at radius 2 is 2.07 bits per heavy atom. The maximum atomic E-state index is 8.69. The third-order valence-electron chi connectivity index (χ3n) is 1.64. The molecule has 0 aliphatic rings. The van der Waals surface area contributed by atoms with Gasteiger partial charge in [-0.3, -0.25) is 0 Å². The van der Waals surface area contributed by atoms with Crippen LogP contribution in [0.3, 0.4) is 0 Å². The summed E-state index contributed by atoms with van der Waals surface area (Å²) in [7, 11) is 1.39. The molecular weight excluding hydrogens is 214 g/mol. The van der Waals surface area contributed by atoms with Crippen LogP contribution in [0.2, 0.25) is 5.15 Å². The molecule has 0 fully saturated rings. The number of methoxy groups -OCH3 is 1. The first-order valence-electron chi connectivity index (χ1n) is 3.93. The minimum atomic E-state index is -0.0957. The molecule has 0 aliphatic heterocycles. The molecule has 0 saturated carbocycles. The van der Waals surface area contributed by atoms with E-state index in [0.29, 0.717) is 10.7 Å². The number of allylic oxidation sites excluding steroid dienone is 1. The maximum Gasteiger partial charge on any atom is 0.172 e. The van der Waals surface area contributed by atoms with E-state index in [-0.39, 0.29) is 11.3 Å². The van der Waals surface area contributed by atoms with E-state index in [0.717, 1.165) is 0 Å². The van der Waals surface area contributed by atoms with Gasteiger partial charge in [0.2, 0.25) is 0 Å². The molecule has 0 amide bonds. The fourth-order valence-electron chi connectivity index (χ4n) is 1.00. The van der Waals surface area contributed by atoms with Crippen LogP contribution in [0.15, 0.2) is 23.9 Å². The van der Waals surface area contributed by atoms with Crippen LogP contribution in [0.25, 0.3) is 5.76 Å². The van der Waals surface area contributed by atoms with Gasteiger partial charge in [-0.15, -0.1) is 0 Å². The predicted molar refractivity (Wildman–Crippen MR) is 54.4 cm³/mol. The number of ether oxygens (including phenoxy) is 1. The largest absolute Gasteiger partial charge is 0.494 e. The molecule has 0 atom stereocenters. The van der Waals surface area contributed by atoms with E-state index in [1.54, 1.807) is 24.3 Å². The lowest BCUT2D eigenvalue weighted by molar-refractivity contribution is 0.368. The Bertz CT molecular complexity index is 449. The molecule has 0 aliphatic carbocycles. The molecule has 0 spiro atoms. The Labute approximate surface area is 92.0 Å². The lowest BCUT2D eigenvalue weighted by Crippen LogP contribution is -1.92. The van der Waals surface area contributed by atoms with Gasteiger partial charge in [-0.2, -0.15) is 10.5 Å². The zero-order chi connectivity index (χ0) is 11.3. The SMILES string of the molecule is COC(=C(C#N)C#N)c1ccc(Cl)nc1. The van der Waals surface area contributed by atoms with Crippen LogP contribution in [-0.4, -0.2) is 12.1 Å². The summed E-state index contributed by atoms with van der Waals surface area (Å²) in [5, 5.41) is 17.7. The summed E-state index contributed by atoms with van der Waals surface area (Å²) in [5.41, 5.74) is 0.446. The van der Waals surface area contributed by atoms with E-state index in [1.165, 1.54) is 13.3 Å². The summed E-state index contributed by atoms with van der Waals surface area (Å²) >= 11 is 5.61. The molecule has 74 valence electrons. The minimum Gasteiger partial charge on any atom is -0.494 e. The third kappa shape index (κ3) is 2.46. The molecule has 0 saturated heterocycles. The number of aromatic nitrogens is 1. The molecule has 0 unspecified atom stereocenters. The topological polar surface area (TPSA) is 69.7 Å². The standard InChI is InChI=1S/C10H6ClN3O/c1-15-10(8(4-12)5-13)7-2-3-9(11)14-6-7/h2-3,6H,1H3. The van der Waals surface area contributed by atoms with Gasteiger partial charge < -0.3 is 4.74 Å². The highest BCUT2D eigenvalue weighted by Crippen LogP contribution is 2.19. The fourth-order valence-corrected chi connectivity index (χ4v) is 1.11. The van der Waals surface area contributed by atoms with E-state index >= 15 is 0 Å². The maximum absolute atomic E-state index is 8.69. The van der Waals surface area contributed by atoms with Crippen LogP contribution < -0.4 is 0 Å². The van der Waals surface area contributed by atoms with Crippen LogP contribution in [0, 0.1) is 22.7 Å². The van der Waals surface area contributed by atoms with Crippen molar-refractivity contribution in [1.82, 2.24) is 4.98 Å². The van der Waals surface area contributed by atoms with Gasteiger partial charge in [0.25, 0.3) is 0 Å². The van der Waals surface area contributed by atoms with Gasteiger partial charge in [-0.25, -0.2) is 4.98 Å². The Kier molecular flexibility index (Phi) is 3.68. The number of rotatable bonds is 2. The van der Waals surface area contributed by atoms with E-state index in [9.17, 15) is 0 Å². The smallest absolute Gasteiger partial charge is 0.172 e. The van der Waals surface area contributed by atoms with Crippen LogP contribution in [0.4, 0.5) is 0 Å². The van der Waals surface area contributed by atoms with Crippen molar-refractivity contribution in [1.29, 1.82) is 10.5 Å². The van der Waals surface area contributed by atoms with Crippen molar-refractivity contribution in [3.05, 3.63) is 34.6 Å². The number of hydrogen-bond donors (Lipinski definition) is 0. The van der Waals surface area contributed by atoms with Crippen molar-refractivity contribution in [3.8, 4) is 12.1 Å². The third-order valence-corrected chi connectivity index (χ3v) is 1.87. The normalized spacial score (nSPS) is 8.53. The quantitative estimate of drug-likeness (QED) is 0.434. The van der Waals surface area contributed by atoms with Crippen LogP contribution >= 0.6 is 11.6 Å². The Hall–Kier alpha value is -2.04. The molecule has 1 rings (SSSR count). The number of nitrogens with zero attached hydrogens (tertiary/aromatic N) is 3. The second-order valence-corrected chi connectivity index (χ2v) is 2.89. The minimum absolute atomic E-state index is 0.0957. The van der Waals surface area contributed by atoms with Crippen molar-refractivity contribution in [2.75, 3.05) is 7.11 Å². The second kappa shape index (κ2) is 4.99. The molecule has 0 aromatic carbocycles. The number of halogens is 1. The summed E-state index contributed by atoms with van der Waals surface area (Å²) in [5.74, 6) is 0.198. The van der Waals surface area contributed by atoms with E-state index in [4.69, 9.17) is 26.9 Å². The number of pyridine rings is 1. The Morgan fingerprint density at radius 1 is 1.40 bits per heavy atom. The Balaban J connectivity index is 3.27. The molecule has 5 heteroatoms. The van der Waals surface area contributed by atoms with Crippen molar-refractivity contribution >= 4 is 17.4 Å². The summed E-state index contributed by atoms with van der Waals surface area (Å²) in [4.78, 5) is 3.83. The van der Waals surface area contributed by atoms with Gasteiger partial charge in [0.1, 0.15) is 17.3 Å². The lowest BCUT2D eigenvalue weighted by Gasteiger charge is -2.05. The fraction of sp³-hybridized carbons (Fsp3) is 0.100. The molecule has 0 radical (unpaired) electrons. The first kappa shape index (κ1) is 11.0. The molecule has 0 bridgehead atoms. The monoisotopic (exact) mass is 219 g/mol.